The summed E-state index contributed by atoms with van der Waals surface area (Å²) in [4.78, 5) is 13.2. The van der Waals surface area contributed by atoms with Gasteiger partial charge >= 0.3 is 0 Å². The number of fused-ring (bicyclic) bond motifs is 1. The average Bonchev–Trinajstić information content (AvgIpc) is 3.07. The Balaban J connectivity index is 1.66. The molecule has 1 N–H and O–H groups in total. The zero-order valence-electron chi connectivity index (χ0n) is 15.5. The Morgan fingerprint density at radius 2 is 2.04 bits per heavy atom. The lowest BCUT2D eigenvalue weighted by Gasteiger charge is -2.07. The van der Waals surface area contributed by atoms with Gasteiger partial charge in [-0.25, -0.2) is 4.39 Å². The van der Waals surface area contributed by atoms with E-state index in [1.165, 1.54) is 24.5 Å². The minimum Gasteiger partial charge on any atom is -0.481 e. The first-order valence-electron chi connectivity index (χ1n) is 8.76. The predicted molar refractivity (Wildman–Crippen MR) is 109 cm³/mol. The molecule has 28 heavy (non-hydrogen) atoms. The largest absolute Gasteiger partial charge is 0.481 e. The van der Waals surface area contributed by atoms with E-state index >= 15 is 0 Å². The number of nitrogens with one attached hydrogen (secondary N) is 1. The monoisotopic (exact) mass is 397 g/mol. The van der Waals surface area contributed by atoms with E-state index in [-0.39, 0.29) is 24.9 Å². The second kappa shape index (κ2) is 9.36. The standard InChI is InChI=1S/C22H20FNO3S/c1-3-13-27-16-9-7-15(8-10-16)11-12-24-22(25)21-17(14-26-2)20-18(23)5-4-6-19(20)28-21/h1,4-10H,11-14H2,2H3,(H,24,25). The number of benzene rings is 2. The number of rotatable bonds is 8. The molecule has 144 valence electrons. The van der Waals surface area contributed by atoms with Crippen LogP contribution in [0.4, 0.5) is 4.39 Å². The van der Waals surface area contributed by atoms with E-state index in [4.69, 9.17) is 15.9 Å². The molecule has 0 bridgehead atoms. The van der Waals surface area contributed by atoms with Crippen molar-refractivity contribution in [2.75, 3.05) is 20.3 Å². The highest BCUT2D eigenvalue weighted by Crippen LogP contribution is 2.33. The highest BCUT2D eigenvalue weighted by molar-refractivity contribution is 7.21. The Labute approximate surface area is 167 Å². The Morgan fingerprint density at radius 1 is 1.25 bits per heavy atom. The lowest BCUT2D eigenvalue weighted by molar-refractivity contribution is 0.0954. The zero-order valence-corrected chi connectivity index (χ0v) is 16.3. The number of amides is 1. The molecular weight excluding hydrogens is 377 g/mol. The van der Waals surface area contributed by atoms with Crippen LogP contribution in [0.5, 0.6) is 5.75 Å². The Bertz CT molecular complexity index is 1010. The van der Waals surface area contributed by atoms with Gasteiger partial charge in [0.2, 0.25) is 0 Å². The van der Waals surface area contributed by atoms with Gasteiger partial charge in [0.25, 0.3) is 5.91 Å². The highest BCUT2D eigenvalue weighted by atomic mass is 32.1. The van der Waals surface area contributed by atoms with E-state index in [1.807, 2.05) is 30.3 Å². The number of ether oxygens (including phenoxy) is 2. The summed E-state index contributed by atoms with van der Waals surface area (Å²) in [5.41, 5.74) is 1.65. The quantitative estimate of drug-likeness (QED) is 0.581. The van der Waals surface area contributed by atoms with Gasteiger partial charge in [0, 0.05) is 29.3 Å². The molecule has 0 aliphatic rings. The minimum atomic E-state index is -0.341. The van der Waals surface area contributed by atoms with Crippen molar-refractivity contribution in [2.45, 2.75) is 13.0 Å². The molecule has 0 saturated carbocycles. The molecule has 0 unspecified atom stereocenters. The van der Waals surface area contributed by atoms with Crippen molar-refractivity contribution < 1.29 is 18.7 Å². The molecule has 3 rings (SSSR count). The predicted octanol–water partition coefficient (Wildman–Crippen LogP) is 4.17. The Kier molecular flexibility index (Phi) is 6.64. The smallest absolute Gasteiger partial charge is 0.261 e. The molecule has 0 aliphatic heterocycles. The molecule has 1 amide bonds. The van der Waals surface area contributed by atoms with Gasteiger partial charge in [-0.15, -0.1) is 17.8 Å². The molecule has 0 spiro atoms. The third-order valence-corrected chi connectivity index (χ3v) is 5.40. The highest BCUT2D eigenvalue weighted by Gasteiger charge is 2.20. The summed E-state index contributed by atoms with van der Waals surface area (Å²) in [5.74, 6) is 2.57. The van der Waals surface area contributed by atoms with Crippen LogP contribution >= 0.6 is 11.3 Å². The van der Waals surface area contributed by atoms with Crippen LogP contribution in [0.2, 0.25) is 0 Å². The van der Waals surface area contributed by atoms with Crippen molar-refractivity contribution in [1.29, 1.82) is 0 Å². The fourth-order valence-corrected chi connectivity index (χ4v) is 4.05. The Hall–Kier alpha value is -2.88. The second-order valence-electron chi connectivity index (χ2n) is 6.10. The summed E-state index contributed by atoms with van der Waals surface area (Å²) in [6, 6.07) is 12.4. The van der Waals surface area contributed by atoms with Gasteiger partial charge < -0.3 is 14.8 Å². The maximum Gasteiger partial charge on any atom is 0.261 e. The summed E-state index contributed by atoms with van der Waals surface area (Å²) in [6.45, 7) is 0.879. The van der Waals surface area contributed by atoms with Gasteiger partial charge in [-0.05, 0) is 36.2 Å². The molecule has 6 heteroatoms. The number of carbonyl (C=O) groups is 1. The van der Waals surface area contributed by atoms with Gasteiger partial charge in [-0.3, -0.25) is 4.79 Å². The summed E-state index contributed by atoms with van der Waals surface area (Å²) < 4.78 is 25.5. The summed E-state index contributed by atoms with van der Waals surface area (Å²) in [6.07, 6.45) is 5.83. The molecule has 0 radical (unpaired) electrons. The second-order valence-corrected chi connectivity index (χ2v) is 7.15. The van der Waals surface area contributed by atoms with Gasteiger partial charge in [-0.1, -0.05) is 24.1 Å². The van der Waals surface area contributed by atoms with E-state index in [0.717, 1.165) is 10.3 Å². The maximum absolute atomic E-state index is 14.2. The topological polar surface area (TPSA) is 47.6 Å². The van der Waals surface area contributed by atoms with E-state index in [2.05, 4.69) is 11.2 Å². The SMILES string of the molecule is C#CCOc1ccc(CCNC(=O)c2sc3cccc(F)c3c2COC)cc1. The third-order valence-electron chi connectivity index (χ3n) is 4.20. The van der Waals surface area contributed by atoms with E-state index < -0.39 is 0 Å². The fraction of sp³-hybridized carbons (Fsp3) is 0.227. The molecule has 0 atom stereocenters. The first kappa shape index (κ1) is 19.9. The van der Waals surface area contributed by atoms with Crippen molar-refractivity contribution in [3.63, 3.8) is 0 Å². The van der Waals surface area contributed by atoms with Crippen molar-refractivity contribution in [3.05, 3.63) is 64.3 Å². The maximum atomic E-state index is 14.2. The normalized spacial score (nSPS) is 10.6. The summed E-state index contributed by atoms with van der Waals surface area (Å²) >= 11 is 1.28. The average molecular weight is 397 g/mol. The number of hydrogen-bond acceptors (Lipinski definition) is 4. The van der Waals surface area contributed by atoms with Crippen LogP contribution in [-0.4, -0.2) is 26.2 Å². The fourth-order valence-electron chi connectivity index (χ4n) is 2.91. The lowest BCUT2D eigenvalue weighted by Crippen LogP contribution is -2.25. The minimum absolute atomic E-state index is 0.183. The molecule has 2 aromatic carbocycles. The molecule has 3 aromatic rings. The van der Waals surface area contributed by atoms with Crippen LogP contribution in [0.15, 0.2) is 42.5 Å². The molecular formula is C22H20FNO3S. The first-order chi connectivity index (χ1) is 13.6. The number of hydrogen-bond donors (Lipinski definition) is 1. The van der Waals surface area contributed by atoms with Crippen molar-refractivity contribution in [2.24, 2.45) is 0 Å². The van der Waals surface area contributed by atoms with Crippen LogP contribution in [0.3, 0.4) is 0 Å². The molecule has 1 heterocycles. The van der Waals surface area contributed by atoms with Gasteiger partial charge in [0.15, 0.2) is 0 Å². The molecule has 0 saturated heterocycles. The molecule has 1 aromatic heterocycles. The number of terminal acetylenes is 1. The van der Waals surface area contributed by atoms with Crippen LogP contribution in [0.25, 0.3) is 10.1 Å². The van der Waals surface area contributed by atoms with Gasteiger partial charge in [0.05, 0.1) is 11.5 Å². The van der Waals surface area contributed by atoms with E-state index in [9.17, 15) is 9.18 Å². The lowest BCUT2D eigenvalue weighted by atomic mass is 10.1. The number of halogens is 1. The van der Waals surface area contributed by atoms with Crippen molar-refractivity contribution in [3.8, 4) is 18.1 Å². The van der Waals surface area contributed by atoms with Crippen LogP contribution < -0.4 is 10.1 Å². The molecule has 0 fully saturated rings. The van der Waals surface area contributed by atoms with Crippen LogP contribution in [0.1, 0.15) is 20.8 Å². The van der Waals surface area contributed by atoms with E-state index in [1.54, 1.807) is 6.07 Å². The van der Waals surface area contributed by atoms with Gasteiger partial charge in [-0.2, -0.15) is 0 Å². The molecule has 4 nitrogen and oxygen atoms in total. The van der Waals surface area contributed by atoms with Gasteiger partial charge in [0.1, 0.15) is 18.2 Å². The zero-order chi connectivity index (χ0) is 19.9. The van der Waals surface area contributed by atoms with Crippen LogP contribution in [0, 0.1) is 18.2 Å². The Morgan fingerprint density at radius 3 is 2.75 bits per heavy atom. The van der Waals surface area contributed by atoms with Crippen molar-refractivity contribution in [1.82, 2.24) is 5.32 Å². The number of thiophene rings is 1. The third kappa shape index (κ3) is 4.50. The van der Waals surface area contributed by atoms with E-state index in [0.29, 0.717) is 34.5 Å². The molecule has 0 aliphatic carbocycles. The summed E-state index contributed by atoms with van der Waals surface area (Å²) in [5, 5.41) is 3.37. The number of carbonyl (C=O) groups excluding carboxylic acids is 1. The van der Waals surface area contributed by atoms with Crippen LogP contribution in [-0.2, 0) is 17.8 Å². The van der Waals surface area contributed by atoms with Crippen molar-refractivity contribution >= 4 is 27.3 Å². The number of methoxy groups -OCH3 is 1. The first-order valence-corrected chi connectivity index (χ1v) is 9.58. The summed E-state index contributed by atoms with van der Waals surface area (Å²) in [7, 11) is 1.53.